The molecule has 1 heterocycles. The Labute approximate surface area is 105 Å². The predicted octanol–water partition coefficient (Wildman–Crippen LogP) is 2.49. The maximum Gasteiger partial charge on any atom is 0.163 e. The monoisotopic (exact) mass is 259 g/mol. The minimum absolute atomic E-state index is 0.0167. The molecule has 0 spiro atoms. The highest BCUT2D eigenvalue weighted by Crippen LogP contribution is 2.38. The van der Waals surface area contributed by atoms with E-state index in [2.05, 4.69) is 5.32 Å². The maximum absolute atomic E-state index is 13.5. The summed E-state index contributed by atoms with van der Waals surface area (Å²) in [6.07, 6.45) is 2.61. The Morgan fingerprint density at radius 3 is 3.00 bits per heavy atom. The fraction of sp³-hybridized carbons (Fsp3) is 0.500. The van der Waals surface area contributed by atoms with E-state index in [4.69, 9.17) is 16.3 Å². The van der Waals surface area contributed by atoms with Crippen LogP contribution in [0.5, 0.6) is 11.5 Å². The number of hydrogen-bond donors (Lipinski definition) is 2. The molecule has 2 N–H and O–H groups in total. The van der Waals surface area contributed by atoms with E-state index in [1.807, 2.05) is 0 Å². The molecular weight excluding hydrogens is 245 g/mol. The third-order valence-corrected chi connectivity index (χ3v) is 3.49. The number of phenolic OH excluding ortho intramolecular Hbond substituents is 1. The van der Waals surface area contributed by atoms with Crippen molar-refractivity contribution in [1.29, 1.82) is 0 Å². The molecule has 0 amide bonds. The zero-order valence-electron chi connectivity index (χ0n) is 9.59. The molecule has 1 aromatic rings. The van der Waals surface area contributed by atoms with Gasteiger partial charge in [0.15, 0.2) is 11.5 Å². The molecule has 0 aliphatic carbocycles. The van der Waals surface area contributed by atoms with Crippen molar-refractivity contribution >= 4 is 11.6 Å². The molecule has 2 rings (SSSR count). The summed E-state index contributed by atoms with van der Waals surface area (Å²) >= 11 is 5.89. The fourth-order valence-electron chi connectivity index (χ4n) is 2.16. The number of nitrogens with one attached hydrogen (secondary N) is 1. The van der Waals surface area contributed by atoms with Crippen molar-refractivity contribution in [2.45, 2.75) is 25.3 Å². The summed E-state index contributed by atoms with van der Waals surface area (Å²) in [7, 11) is 1.39. The van der Waals surface area contributed by atoms with Gasteiger partial charge in [0.2, 0.25) is 0 Å². The van der Waals surface area contributed by atoms with Crippen molar-refractivity contribution in [3.63, 3.8) is 0 Å². The third kappa shape index (κ3) is 2.48. The molecule has 0 saturated carbocycles. The number of ether oxygens (including phenoxy) is 1. The molecule has 1 fully saturated rings. The van der Waals surface area contributed by atoms with E-state index in [9.17, 15) is 9.50 Å². The van der Waals surface area contributed by atoms with Crippen molar-refractivity contribution < 1.29 is 14.2 Å². The normalized spacial score (nSPS) is 19.6. The molecule has 1 aliphatic rings. The SMILES string of the molecule is COc1cc(F)c(Cl)c(CC2CCCN2)c1O. The standard InChI is InChI=1S/C12H15ClFNO2/c1-17-10-6-9(14)11(13)8(12(10)16)5-7-3-2-4-15-7/h6-7,15-16H,2-5H2,1H3. The summed E-state index contributed by atoms with van der Waals surface area (Å²) in [6.45, 7) is 0.954. The zero-order valence-corrected chi connectivity index (χ0v) is 10.4. The van der Waals surface area contributed by atoms with Gasteiger partial charge in [0, 0.05) is 17.7 Å². The van der Waals surface area contributed by atoms with Gasteiger partial charge in [-0.3, -0.25) is 0 Å². The summed E-state index contributed by atoms with van der Waals surface area (Å²) < 4.78 is 18.5. The molecular formula is C12H15ClFNO2. The van der Waals surface area contributed by atoms with Crippen LogP contribution in [0.2, 0.25) is 5.02 Å². The van der Waals surface area contributed by atoms with Crippen LogP contribution in [-0.2, 0) is 6.42 Å². The molecule has 1 aliphatic heterocycles. The Kier molecular flexibility index (Phi) is 3.74. The summed E-state index contributed by atoms with van der Waals surface area (Å²) in [4.78, 5) is 0. The quantitative estimate of drug-likeness (QED) is 0.876. The number of benzene rings is 1. The highest BCUT2D eigenvalue weighted by Gasteiger charge is 2.22. The molecule has 0 aromatic heterocycles. The highest BCUT2D eigenvalue weighted by atomic mass is 35.5. The molecule has 94 valence electrons. The first kappa shape index (κ1) is 12.5. The Balaban J connectivity index is 2.33. The van der Waals surface area contributed by atoms with E-state index in [0.717, 1.165) is 25.5 Å². The number of aromatic hydroxyl groups is 1. The van der Waals surface area contributed by atoms with E-state index >= 15 is 0 Å². The molecule has 0 bridgehead atoms. The first-order chi connectivity index (χ1) is 8.13. The van der Waals surface area contributed by atoms with Crippen LogP contribution < -0.4 is 10.1 Å². The smallest absolute Gasteiger partial charge is 0.163 e. The first-order valence-electron chi connectivity index (χ1n) is 5.60. The van der Waals surface area contributed by atoms with Gasteiger partial charge in [-0.1, -0.05) is 11.6 Å². The van der Waals surface area contributed by atoms with Crippen LogP contribution in [0, 0.1) is 5.82 Å². The summed E-state index contributed by atoms with van der Waals surface area (Å²) in [5, 5.41) is 13.2. The zero-order chi connectivity index (χ0) is 12.4. The lowest BCUT2D eigenvalue weighted by atomic mass is 10.0. The van der Waals surface area contributed by atoms with Gasteiger partial charge in [-0.2, -0.15) is 0 Å². The highest BCUT2D eigenvalue weighted by molar-refractivity contribution is 6.31. The van der Waals surface area contributed by atoms with Crippen molar-refractivity contribution in [1.82, 2.24) is 5.32 Å². The van der Waals surface area contributed by atoms with Gasteiger partial charge in [0.1, 0.15) is 5.82 Å². The number of rotatable bonds is 3. The predicted molar refractivity (Wildman–Crippen MR) is 64.4 cm³/mol. The number of hydrogen-bond acceptors (Lipinski definition) is 3. The molecule has 17 heavy (non-hydrogen) atoms. The number of halogens is 2. The van der Waals surface area contributed by atoms with Crippen molar-refractivity contribution in [2.24, 2.45) is 0 Å². The maximum atomic E-state index is 13.5. The Morgan fingerprint density at radius 1 is 1.65 bits per heavy atom. The average molecular weight is 260 g/mol. The van der Waals surface area contributed by atoms with Crippen LogP contribution in [0.15, 0.2) is 6.07 Å². The molecule has 1 saturated heterocycles. The minimum atomic E-state index is -0.561. The largest absolute Gasteiger partial charge is 0.504 e. The van der Waals surface area contributed by atoms with Gasteiger partial charge < -0.3 is 15.2 Å². The van der Waals surface area contributed by atoms with Crippen LogP contribution >= 0.6 is 11.6 Å². The molecule has 1 unspecified atom stereocenters. The Morgan fingerprint density at radius 2 is 2.41 bits per heavy atom. The van der Waals surface area contributed by atoms with Gasteiger partial charge in [0.25, 0.3) is 0 Å². The average Bonchev–Trinajstić information content (AvgIpc) is 2.82. The Hall–Kier alpha value is -1.00. The topological polar surface area (TPSA) is 41.5 Å². The minimum Gasteiger partial charge on any atom is -0.504 e. The van der Waals surface area contributed by atoms with Crippen molar-refractivity contribution in [2.75, 3.05) is 13.7 Å². The second kappa shape index (κ2) is 5.10. The van der Waals surface area contributed by atoms with Gasteiger partial charge in [0.05, 0.1) is 12.1 Å². The van der Waals surface area contributed by atoms with Crippen molar-refractivity contribution in [3.8, 4) is 11.5 Å². The van der Waals surface area contributed by atoms with Crippen LogP contribution in [0.3, 0.4) is 0 Å². The van der Waals surface area contributed by atoms with E-state index in [0.29, 0.717) is 12.0 Å². The van der Waals surface area contributed by atoms with E-state index in [1.165, 1.54) is 7.11 Å². The van der Waals surface area contributed by atoms with Gasteiger partial charge in [-0.15, -0.1) is 0 Å². The summed E-state index contributed by atoms with van der Waals surface area (Å²) in [6, 6.07) is 1.34. The molecule has 3 nitrogen and oxygen atoms in total. The summed E-state index contributed by atoms with van der Waals surface area (Å²) in [5.74, 6) is -0.498. The second-order valence-electron chi connectivity index (χ2n) is 4.20. The van der Waals surface area contributed by atoms with Crippen LogP contribution in [0.4, 0.5) is 4.39 Å². The lowest BCUT2D eigenvalue weighted by Gasteiger charge is -2.15. The first-order valence-corrected chi connectivity index (χ1v) is 5.98. The lowest BCUT2D eigenvalue weighted by Crippen LogP contribution is -2.24. The van der Waals surface area contributed by atoms with Crippen LogP contribution in [-0.4, -0.2) is 24.8 Å². The van der Waals surface area contributed by atoms with Gasteiger partial charge in [-0.25, -0.2) is 4.39 Å². The molecule has 0 radical (unpaired) electrons. The van der Waals surface area contributed by atoms with Crippen LogP contribution in [0.1, 0.15) is 18.4 Å². The number of phenols is 1. The van der Waals surface area contributed by atoms with Crippen LogP contribution in [0.25, 0.3) is 0 Å². The van der Waals surface area contributed by atoms with E-state index in [1.54, 1.807) is 0 Å². The van der Waals surface area contributed by atoms with Gasteiger partial charge in [-0.05, 0) is 25.8 Å². The fourth-order valence-corrected chi connectivity index (χ4v) is 2.38. The second-order valence-corrected chi connectivity index (χ2v) is 4.58. The van der Waals surface area contributed by atoms with E-state index < -0.39 is 5.82 Å². The number of methoxy groups -OCH3 is 1. The Bertz CT molecular complexity index is 419. The lowest BCUT2D eigenvalue weighted by molar-refractivity contribution is 0.366. The van der Waals surface area contributed by atoms with Gasteiger partial charge >= 0.3 is 0 Å². The third-order valence-electron chi connectivity index (χ3n) is 3.08. The molecule has 1 aromatic carbocycles. The molecule has 1 atom stereocenters. The van der Waals surface area contributed by atoms with Crippen molar-refractivity contribution in [3.05, 3.63) is 22.5 Å². The van der Waals surface area contributed by atoms with E-state index in [-0.39, 0.29) is 22.6 Å². The summed E-state index contributed by atoms with van der Waals surface area (Å²) in [5.41, 5.74) is 0.419. The molecule has 5 heteroatoms.